The zero-order chi connectivity index (χ0) is 16.5. The minimum Gasteiger partial charge on any atom is -0.497 e. The van der Waals surface area contributed by atoms with Gasteiger partial charge in [-0.05, 0) is 59.5 Å². The molecule has 0 spiro atoms. The topological polar surface area (TPSA) is 29.5 Å². The van der Waals surface area contributed by atoms with Gasteiger partial charge < -0.3 is 9.64 Å². The van der Waals surface area contributed by atoms with Crippen molar-refractivity contribution >= 4 is 22.4 Å². The van der Waals surface area contributed by atoms with E-state index in [1.54, 1.807) is 7.11 Å². The van der Waals surface area contributed by atoms with Crippen molar-refractivity contribution in [3.05, 3.63) is 71.8 Å². The van der Waals surface area contributed by atoms with Crippen LogP contribution in [0.1, 0.15) is 22.3 Å². The third-order valence-electron chi connectivity index (χ3n) is 4.65. The number of fused-ring (bicyclic) bond motifs is 2. The van der Waals surface area contributed by atoms with Crippen LogP contribution in [0, 0.1) is 0 Å². The first kappa shape index (κ1) is 14.8. The number of para-hydroxylation sites is 1. The summed E-state index contributed by atoms with van der Waals surface area (Å²) in [5.41, 5.74) is 3.02. The van der Waals surface area contributed by atoms with Crippen molar-refractivity contribution < 1.29 is 9.53 Å². The Morgan fingerprint density at radius 3 is 2.67 bits per heavy atom. The first-order chi connectivity index (χ1) is 11.8. The number of hydrogen-bond donors (Lipinski definition) is 0. The number of hydrogen-bond acceptors (Lipinski definition) is 2. The van der Waals surface area contributed by atoms with Crippen LogP contribution in [0.25, 0.3) is 10.8 Å². The summed E-state index contributed by atoms with van der Waals surface area (Å²) >= 11 is 0. The van der Waals surface area contributed by atoms with Crippen LogP contribution in [0.3, 0.4) is 0 Å². The van der Waals surface area contributed by atoms with E-state index in [-0.39, 0.29) is 5.91 Å². The molecule has 0 saturated carbocycles. The Balaban J connectivity index is 1.71. The Morgan fingerprint density at radius 1 is 1.00 bits per heavy atom. The quantitative estimate of drug-likeness (QED) is 0.699. The molecule has 0 fully saturated rings. The Hall–Kier alpha value is -2.81. The fourth-order valence-electron chi connectivity index (χ4n) is 3.38. The Labute approximate surface area is 141 Å². The lowest BCUT2D eigenvalue weighted by atomic mass is 10.00. The molecule has 3 heteroatoms. The van der Waals surface area contributed by atoms with Crippen LogP contribution in [0.5, 0.6) is 5.75 Å². The molecule has 0 aromatic heterocycles. The largest absolute Gasteiger partial charge is 0.497 e. The summed E-state index contributed by atoms with van der Waals surface area (Å²) in [5.74, 6) is 0.895. The van der Waals surface area contributed by atoms with Gasteiger partial charge in [0.25, 0.3) is 5.91 Å². The van der Waals surface area contributed by atoms with Crippen molar-refractivity contribution in [3.8, 4) is 5.75 Å². The number of methoxy groups -OCH3 is 1. The normalized spacial score (nSPS) is 13.6. The molecule has 4 rings (SSSR count). The van der Waals surface area contributed by atoms with Crippen LogP contribution >= 0.6 is 0 Å². The van der Waals surface area contributed by atoms with Crippen LogP contribution in [-0.2, 0) is 6.42 Å². The number of anilines is 1. The van der Waals surface area contributed by atoms with Gasteiger partial charge in [-0.3, -0.25) is 4.79 Å². The van der Waals surface area contributed by atoms with Crippen molar-refractivity contribution in [1.29, 1.82) is 0 Å². The number of aryl methyl sites for hydroxylation is 1. The highest BCUT2D eigenvalue weighted by Gasteiger charge is 2.23. The summed E-state index contributed by atoms with van der Waals surface area (Å²) in [6.07, 6.45) is 2.05. The zero-order valence-corrected chi connectivity index (χ0v) is 13.7. The highest BCUT2D eigenvalue weighted by Crippen LogP contribution is 2.29. The van der Waals surface area contributed by atoms with Crippen LogP contribution in [0.4, 0.5) is 5.69 Å². The fraction of sp³-hybridized carbons (Fsp3) is 0.190. The molecule has 24 heavy (non-hydrogen) atoms. The molecule has 0 bridgehead atoms. The Kier molecular flexibility index (Phi) is 3.69. The standard InChI is InChI=1S/C21H19NO2/c1-24-19-11-10-16-13-18(9-8-17(16)14-19)21(23)22-12-4-6-15-5-2-3-7-20(15)22/h2-3,5,7-11,13-14H,4,6,12H2,1H3. The SMILES string of the molecule is COc1ccc2cc(C(=O)N3CCCc4ccccc43)ccc2c1. The van der Waals surface area contributed by atoms with Crippen LogP contribution in [-0.4, -0.2) is 19.6 Å². The van der Waals surface area contributed by atoms with Gasteiger partial charge in [0.05, 0.1) is 7.11 Å². The van der Waals surface area contributed by atoms with E-state index in [9.17, 15) is 4.79 Å². The van der Waals surface area contributed by atoms with Gasteiger partial charge in [0.2, 0.25) is 0 Å². The molecule has 3 aromatic rings. The van der Waals surface area contributed by atoms with E-state index in [0.29, 0.717) is 0 Å². The third kappa shape index (κ3) is 2.52. The monoisotopic (exact) mass is 317 g/mol. The van der Waals surface area contributed by atoms with E-state index < -0.39 is 0 Å². The first-order valence-corrected chi connectivity index (χ1v) is 8.24. The van der Waals surface area contributed by atoms with Gasteiger partial charge >= 0.3 is 0 Å². The average Bonchev–Trinajstić information content (AvgIpc) is 2.66. The molecule has 120 valence electrons. The number of ether oxygens (including phenoxy) is 1. The smallest absolute Gasteiger partial charge is 0.258 e. The Morgan fingerprint density at radius 2 is 1.79 bits per heavy atom. The van der Waals surface area contributed by atoms with Crippen molar-refractivity contribution in [2.75, 3.05) is 18.6 Å². The summed E-state index contributed by atoms with van der Waals surface area (Å²) in [7, 11) is 1.66. The second kappa shape index (κ2) is 6.00. The van der Waals surface area contributed by atoms with Crippen LogP contribution in [0.15, 0.2) is 60.7 Å². The third-order valence-corrected chi connectivity index (χ3v) is 4.65. The van der Waals surface area contributed by atoms with Gasteiger partial charge in [-0.1, -0.05) is 30.3 Å². The molecular formula is C21H19NO2. The Bertz CT molecular complexity index is 917. The second-order valence-electron chi connectivity index (χ2n) is 6.12. The van der Waals surface area contributed by atoms with Crippen molar-refractivity contribution in [2.24, 2.45) is 0 Å². The molecule has 0 unspecified atom stereocenters. The molecule has 1 aliphatic rings. The number of rotatable bonds is 2. The van der Waals surface area contributed by atoms with Crippen molar-refractivity contribution in [1.82, 2.24) is 0 Å². The summed E-state index contributed by atoms with van der Waals surface area (Å²) < 4.78 is 5.26. The minimum absolute atomic E-state index is 0.0693. The number of nitrogens with zero attached hydrogens (tertiary/aromatic N) is 1. The van der Waals surface area contributed by atoms with Gasteiger partial charge in [-0.25, -0.2) is 0 Å². The molecule has 0 atom stereocenters. The lowest BCUT2D eigenvalue weighted by molar-refractivity contribution is 0.0985. The predicted molar refractivity (Wildman–Crippen MR) is 96.9 cm³/mol. The number of amides is 1. The lowest BCUT2D eigenvalue weighted by Gasteiger charge is -2.29. The van der Waals surface area contributed by atoms with Gasteiger partial charge in [0.1, 0.15) is 5.75 Å². The minimum atomic E-state index is 0.0693. The van der Waals surface area contributed by atoms with E-state index in [0.717, 1.165) is 47.2 Å². The van der Waals surface area contributed by atoms with E-state index in [1.807, 2.05) is 59.5 Å². The van der Waals surface area contributed by atoms with Crippen molar-refractivity contribution in [3.63, 3.8) is 0 Å². The molecule has 0 radical (unpaired) electrons. The van der Waals surface area contributed by atoms with Crippen LogP contribution < -0.4 is 9.64 Å². The average molecular weight is 317 g/mol. The number of carbonyl (C=O) groups excluding carboxylic acids is 1. The van der Waals surface area contributed by atoms with E-state index >= 15 is 0 Å². The van der Waals surface area contributed by atoms with E-state index in [2.05, 4.69) is 6.07 Å². The van der Waals surface area contributed by atoms with Crippen LogP contribution in [0.2, 0.25) is 0 Å². The lowest BCUT2D eigenvalue weighted by Crippen LogP contribution is -2.35. The van der Waals surface area contributed by atoms with Gasteiger partial charge in [0, 0.05) is 17.8 Å². The molecule has 1 heterocycles. The summed E-state index contributed by atoms with van der Waals surface area (Å²) in [4.78, 5) is 14.9. The molecular weight excluding hydrogens is 298 g/mol. The van der Waals surface area contributed by atoms with Crippen molar-refractivity contribution in [2.45, 2.75) is 12.8 Å². The fourth-order valence-corrected chi connectivity index (χ4v) is 3.38. The molecule has 1 aliphatic heterocycles. The van der Waals surface area contributed by atoms with Gasteiger partial charge in [-0.15, -0.1) is 0 Å². The maximum Gasteiger partial charge on any atom is 0.258 e. The summed E-state index contributed by atoms with van der Waals surface area (Å²) in [6, 6.07) is 19.9. The maximum atomic E-state index is 13.0. The highest BCUT2D eigenvalue weighted by atomic mass is 16.5. The van der Waals surface area contributed by atoms with Gasteiger partial charge in [-0.2, -0.15) is 0 Å². The first-order valence-electron chi connectivity index (χ1n) is 8.24. The number of benzene rings is 3. The summed E-state index contributed by atoms with van der Waals surface area (Å²) in [6.45, 7) is 0.774. The molecule has 3 nitrogen and oxygen atoms in total. The zero-order valence-electron chi connectivity index (χ0n) is 13.7. The predicted octanol–water partition coefficient (Wildman–Crippen LogP) is 4.44. The molecule has 0 saturated heterocycles. The van der Waals surface area contributed by atoms with E-state index in [4.69, 9.17) is 4.74 Å². The molecule has 3 aromatic carbocycles. The maximum absolute atomic E-state index is 13.0. The highest BCUT2D eigenvalue weighted by molar-refractivity contribution is 6.08. The van der Waals surface area contributed by atoms with E-state index in [1.165, 1.54) is 5.56 Å². The molecule has 0 aliphatic carbocycles. The van der Waals surface area contributed by atoms with Gasteiger partial charge in [0.15, 0.2) is 0 Å². The molecule has 0 N–H and O–H groups in total. The summed E-state index contributed by atoms with van der Waals surface area (Å²) in [5, 5.41) is 2.12. The second-order valence-corrected chi connectivity index (χ2v) is 6.12. The molecule has 1 amide bonds. The number of carbonyl (C=O) groups is 1.